The minimum Gasteiger partial charge on any atom is -0.353 e. The Labute approximate surface area is 141 Å². The molecule has 1 aromatic heterocycles. The summed E-state index contributed by atoms with van der Waals surface area (Å²) >= 11 is 5.86. The van der Waals surface area contributed by atoms with Crippen LogP contribution in [-0.4, -0.2) is 66.4 Å². The molecule has 0 bridgehead atoms. The van der Waals surface area contributed by atoms with Gasteiger partial charge in [0.2, 0.25) is 11.8 Å². The van der Waals surface area contributed by atoms with Crippen molar-refractivity contribution in [2.75, 3.05) is 44.7 Å². The van der Waals surface area contributed by atoms with Gasteiger partial charge in [-0.1, -0.05) is 11.6 Å². The van der Waals surface area contributed by atoms with Crippen molar-refractivity contribution in [3.05, 3.63) is 23.4 Å². The molecule has 2 amide bonds. The Kier molecular flexibility index (Phi) is 4.71. The van der Waals surface area contributed by atoms with Gasteiger partial charge in [0.15, 0.2) is 0 Å². The average molecular weight is 337 g/mol. The van der Waals surface area contributed by atoms with Gasteiger partial charge in [-0.05, 0) is 18.6 Å². The molecule has 2 aliphatic rings. The fraction of sp³-hybridized carbons (Fsp3) is 0.562. The van der Waals surface area contributed by atoms with Crippen molar-refractivity contribution in [1.29, 1.82) is 0 Å². The predicted molar refractivity (Wildman–Crippen MR) is 88.4 cm³/mol. The number of carbonyl (C=O) groups is 2. The first-order chi connectivity index (χ1) is 11.0. The van der Waals surface area contributed by atoms with E-state index in [0.29, 0.717) is 31.1 Å². The summed E-state index contributed by atoms with van der Waals surface area (Å²) in [4.78, 5) is 34.4. The normalized spacial score (nSPS) is 22.4. The van der Waals surface area contributed by atoms with E-state index in [9.17, 15) is 9.59 Å². The van der Waals surface area contributed by atoms with Gasteiger partial charge in [-0.2, -0.15) is 0 Å². The number of hydrogen-bond acceptors (Lipinski definition) is 4. The molecule has 6 nitrogen and oxygen atoms in total. The van der Waals surface area contributed by atoms with Crippen LogP contribution >= 0.6 is 11.6 Å². The summed E-state index contributed by atoms with van der Waals surface area (Å²) in [6.45, 7) is 3.51. The molecule has 0 saturated carbocycles. The SMILES string of the molecule is CN1CC[C@@H](C(=O)N2CCN(c3ccc(Cl)cn3)CC2)CC1=O. The molecule has 23 heavy (non-hydrogen) atoms. The van der Waals surface area contributed by atoms with E-state index in [-0.39, 0.29) is 17.7 Å². The van der Waals surface area contributed by atoms with Crippen LogP contribution in [0.5, 0.6) is 0 Å². The average Bonchev–Trinajstić information content (AvgIpc) is 2.57. The van der Waals surface area contributed by atoms with E-state index in [0.717, 1.165) is 25.3 Å². The standard InChI is InChI=1S/C16H21ClN4O2/c1-19-5-4-12(10-15(19)22)16(23)21-8-6-20(7-9-21)14-3-2-13(17)11-18-14/h2-3,11-12H,4-10H2,1H3/t12-/m1/s1. The largest absolute Gasteiger partial charge is 0.353 e. The number of hydrogen-bond donors (Lipinski definition) is 0. The third-order valence-electron chi connectivity index (χ3n) is 4.64. The lowest BCUT2D eigenvalue weighted by Crippen LogP contribution is -2.52. The van der Waals surface area contributed by atoms with E-state index in [1.165, 1.54) is 0 Å². The number of halogens is 1. The van der Waals surface area contributed by atoms with Crippen LogP contribution in [0.25, 0.3) is 0 Å². The zero-order valence-corrected chi connectivity index (χ0v) is 14.0. The van der Waals surface area contributed by atoms with Gasteiger partial charge in [-0.25, -0.2) is 4.98 Å². The lowest BCUT2D eigenvalue weighted by atomic mass is 9.94. The first-order valence-corrected chi connectivity index (χ1v) is 8.31. The van der Waals surface area contributed by atoms with E-state index in [1.807, 2.05) is 17.0 Å². The highest BCUT2D eigenvalue weighted by Gasteiger charge is 2.32. The Morgan fingerprint density at radius 2 is 1.96 bits per heavy atom. The molecular weight excluding hydrogens is 316 g/mol. The Balaban J connectivity index is 1.55. The van der Waals surface area contributed by atoms with Crippen molar-refractivity contribution in [2.24, 2.45) is 5.92 Å². The Morgan fingerprint density at radius 1 is 1.22 bits per heavy atom. The minimum atomic E-state index is -0.154. The van der Waals surface area contributed by atoms with Gasteiger partial charge in [0, 0.05) is 58.3 Å². The summed E-state index contributed by atoms with van der Waals surface area (Å²) < 4.78 is 0. The summed E-state index contributed by atoms with van der Waals surface area (Å²) in [5.41, 5.74) is 0. The third kappa shape index (κ3) is 3.58. The van der Waals surface area contributed by atoms with Crippen molar-refractivity contribution < 1.29 is 9.59 Å². The van der Waals surface area contributed by atoms with Crippen molar-refractivity contribution in [3.63, 3.8) is 0 Å². The van der Waals surface area contributed by atoms with E-state index < -0.39 is 0 Å². The molecule has 0 radical (unpaired) electrons. The second-order valence-electron chi connectivity index (χ2n) is 6.15. The van der Waals surface area contributed by atoms with Crippen LogP contribution in [0.4, 0.5) is 5.82 Å². The van der Waals surface area contributed by atoms with Gasteiger partial charge in [0.1, 0.15) is 5.82 Å². The van der Waals surface area contributed by atoms with Crippen LogP contribution in [-0.2, 0) is 9.59 Å². The summed E-state index contributed by atoms with van der Waals surface area (Å²) in [6, 6.07) is 3.72. The summed E-state index contributed by atoms with van der Waals surface area (Å²) in [5, 5.41) is 0.620. The molecule has 7 heteroatoms. The van der Waals surface area contributed by atoms with Gasteiger partial charge in [0.05, 0.1) is 5.02 Å². The topological polar surface area (TPSA) is 56.8 Å². The number of piperidine rings is 1. The molecule has 3 rings (SSSR count). The van der Waals surface area contributed by atoms with Crippen LogP contribution in [0.1, 0.15) is 12.8 Å². The molecule has 0 aromatic carbocycles. The van der Waals surface area contributed by atoms with Crippen LogP contribution in [0.2, 0.25) is 5.02 Å². The van der Waals surface area contributed by atoms with E-state index in [4.69, 9.17) is 11.6 Å². The number of carbonyl (C=O) groups excluding carboxylic acids is 2. The zero-order valence-electron chi connectivity index (χ0n) is 13.2. The highest BCUT2D eigenvalue weighted by atomic mass is 35.5. The monoisotopic (exact) mass is 336 g/mol. The molecule has 0 N–H and O–H groups in total. The first-order valence-electron chi connectivity index (χ1n) is 7.94. The number of amides is 2. The Morgan fingerprint density at radius 3 is 2.57 bits per heavy atom. The fourth-order valence-electron chi connectivity index (χ4n) is 3.12. The van der Waals surface area contributed by atoms with Crippen molar-refractivity contribution in [1.82, 2.24) is 14.8 Å². The zero-order chi connectivity index (χ0) is 16.4. The smallest absolute Gasteiger partial charge is 0.226 e. The van der Waals surface area contributed by atoms with Crippen LogP contribution in [0.15, 0.2) is 18.3 Å². The Bertz CT molecular complexity index is 584. The van der Waals surface area contributed by atoms with Crippen molar-refractivity contribution in [2.45, 2.75) is 12.8 Å². The maximum absolute atomic E-state index is 12.6. The maximum atomic E-state index is 12.6. The van der Waals surface area contributed by atoms with Crippen molar-refractivity contribution in [3.8, 4) is 0 Å². The molecule has 0 unspecified atom stereocenters. The van der Waals surface area contributed by atoms with E-state index in [1.54, 1.807) is 18.1 Å². The van der Waals surface area contributed by atoms with Gasteiger partial charge >= 0.3 is 0 Å². The number of pyridine rings is 1. The second-order valence-corrected chi connectivity index (χ2v) is 6.59. The molecule has 2 fully saturated rings. The quantitative estimate of drug-likeness (QED) is 0.815. The molecule has 1 atom stereocenters. The summed E-state index contributed by atoms with van der Waals surface area (Å²) in [5.74, 6) is 0.920. The molecule has 0 aliphatic carbocycles. The minimum absolute atomic E-state index is 0.0681. The second kappa shape index (κ2) is 6.74. The highest BCUT2D eigenvalue weighted by Crippen LogP contribution is 2.22. The van der Waals surface area contributed by atoms with Gasteiger partial charge in [0.25, 0.3) is 0 Å². The maximum Gasteiger partial charge on any atom is 0.226 e. The molecule has 3 heterocycles. The number of likely N-dealkylation sites (tertiary alicyclic amines) is 1. The van der Waals surface area contributed by atoms with Gasteiger partial charge in [-0.3, -0.25) is 9.59 Å². The van der Waals surface area contributed by atoms with E-state index in [2.05, 4.69) is 9.88 Å². The molecule has 2 aliphatic heterocycles. The number of rotatable bonds is 2. The number of piperazine rings is 1. The molecule has 1 aromatic rings. The summed E-state index contributed by atoms with van der Waals surface area (Å²) in [6.07, 6.45) is 2.74. The first kappa shape index (κ1) is 16.1. The number of aromatic nitrogens is 1. The van der Waals surface area contributed by atoms with Gasteiger partial charge < -0.3 is 14.7 Å². The fourth-order valence-corrected chi connectivity index (χ4v) is 3.23. The highest BCUT2D eigenvalue weighted by molar-refractivity contribution is 6.30. The predicted octanol–water partition coefficient (Wildman–Crippen LogP) is 1.25. The molecule has 2 saturated heterocycles. The van der Waals surface area contributed by atoms with Crippen LogP contribution < -0.4 is 4.90 Å². The van der Waals surface area contributed by atoms with Crippen LogP contribution in [0.3, 0.4) is 0 Å². The lowest BCUT2D eigenvalue weighted by Gasteiger charge is -2.38. The number of nitrogens with zero attached hydrogens (tertiary/aromatic N) is 4. The summed E-state index contributed by atoms with van der Waals surface area (Å²) in [7, 11) is 1.79. The Hall–Kier alpha value is -1.82. The van der Waals surface area contributed by atoms with E-state index >= 15 is 0 Å². The van der Waals surface area contributed by atoms with Gasteiger partial charge in [-0.15, -0.1) is 0 Å². The number of anilines is 1. The van der Waals surface area contributed by atoms with Crippen LogP contribution in [0, 0.1) is 5.92 Å². The third-order valence-corrected chi connectivity index (χ3v) is 4.86. The lowest BCUT2D eigenvalue weighted by molar-refractivity contribution is -0.144. The molecule has 124 valence electrons. The molecular formula is C16H21ClN4O2. The molecule has 0 spiro atoms. The van der Waals surface area contributed by atoms with Crippen molar-refractivity contribution >= 4 is 29.2 Å².